The topological polar surface area (TPSA) is 100 Å². The first-order valence-electron chi connectivity index (χ1n) is 8.18. The number of nitrogens with zero attached hydrogens (tertiary/aromatic N) is 1. The Morgan fingerprint density at radius 2 is 1.92 bits per heavy atom. The van der Waals surface area contributed by atoms with Gasteiger partial charge in [-0.1, -0.05) is 19.9 Å². The molecule has 26 heavy (non-hydrogen) atoms. The van der Waals surface area contributed by atoms with E-state index in [1.54, 1.807) is 51.4 Å². The molecular formula is C18H22N4O3S. The highest BCUT2D eigenvalue weighted by Crippen LogP contribution is 2.20. The van der Waals surface area contributed by atoms with Gasteiger partial charge in [-0.15, -0.1) is 11.3 Å². The Hall–Kier alpha value is -2.74. The van der Waals surface area contributed by atoms with Gasteiger partial charge in [0.25, 0.3) is 5.91 Å². The van der Waals surface area contributed by atoms with Gasteiger partial charge in [0.1, 0.15) is 0 Å². The first-order valence-corrected chi connectivity index (χ1v) is 9.06. The molecule has 0 radical (unpaired) electrons. The van der Waals surface area contributed by atoms with Gasteiger partial charge in [-0.2, -0.15) is 0 Å². The molecule has 0 aliphatic heterocycles. The molecule has 2 rings (SSSR count). The number of benzene rings is 1. The van der Waals surface area contributed by atoms with Gasteiger partial charge >= 0.3 is 0 Å². The van der Waals surface area contributed by atoms with Crippen molar-refractivity contribution in [2.45, 2.75) is 27.2 Å². The third-order valence-electron chi connectivity index (χ3n) is 3.73. The maximum Gasteiger partial charge on any atom is 0.251 e. The molecule has 0 spiro atoms. The minimum atomic E-state index is -0.241. The predicted octanol–water partition coefficient (Wildman–Crippen LogP) is 2.59. The van der Waals surface area contributed by atoms with Crippen LogP contribution in [0.4, 0.5) is 10.8 Å². The van der Waals surface area contributed by atoms with Crippen molar-refractivity contribution in [2.75, 3.05) is 17.7 Å². The molecule has 1 aromatic carbocycles. The molecule has 0 aliphatic rings. The molecular weight excluding hydrogens is 352 g/mol. The van der Waals surface area contributed by atoms with E-state index in [0.717, 1.165) is 0 Å². The Labute approximate surface area is 156 Å². The van der Waals surface area contributed by atoms with Crippen molar-refractivity contribution in [2.24, 2.45) is 5.92 Å². The quantitative estimate of drug-likeness (QED) is 0.723. The van der Waals surface area contributed by atoms with E-state index in [4.69, 9.17) is 0 Å². The molecule has 138 valence electrons. The number of carbonyl (C=O) groups is 3. The van der Waals surface area contributed by atoms with Crippen LogP contribution in [-0.2, 0) is 16.0 Å². The van der Waals surface area contributed by atoms with Crippen molar-refractivity contribution in [3.05, 3.63) is 40.4 Å². The second kappa shape index (κ2) is 8.57. The van der Waals surface area contributed by atoms with E-state index < -0.39 is 0 Å². The van der Waals surface area contributed by atoms with Gasteiger partial charge in [-0.25, -0.2) is 4.98 Å². The van der Waals surface area contributed by atoms with E-state index in [0.29, 0.717) is 27.6 Å². The largest absolute Gasteiger partial charge is 0.355 e. The summed E-state index contributed by atoms with van der Waals surface area (Å²) in [4.78, 5) is 40.1. The normalized spacial score (nSPS) is 10.5. The van der Waals surface area contributed by atoms with Crippen LogP contribution in [0.25, 0.3) is 0 Å². The molecule has 0 saturated carbocycles. The molecule has 0 saturated heterocycles. The molecule has 0 aliphatic carbocycles. The molecule has 2 aromatic rings. The fourth-order valence-electron chi connectivity index (χ4n) is 2.21. The number of aromatic nitrogens is 1. The van der Waals surface area contributed by atoms with Gasteiger partial charge in [0.2, 0.25) is 11.8 Å². The summed E-state index contributed by atoms with van der Waals surface area (Å²) in [6.07, 6.45) is 0.0810. The van der Waals surface area contributed by atoms with Crippen LogP contribution >= 0.6 is 11.3 Å². The number of rotatable bonds is 6. The molecule has 0 bridgehead atoms. The molecule has 1 aromatic heterocycles. The summed E-state index contributed by atoms with van der Waals surface area (Å²) in [5.41, 5.74) is 2.37. The Balaban J connectivity index is 2.03. The third kappa shape index (κ3) is 4.89. The maximum absolute atomic E-state index is 12.3. The molecule has 0 atom stereocenters. The van der Waals surface area contributed by atoms with E-state index in [9.17, 15) is 14.4 Å². The van der Waals surface area contributed by atoms with Crippen molar-refractivity contribution in [3.8, 4) is 0 Å². The van der Waals surface area contributed by atoms with E-state index >= 15 is 0 Å². The van der Waals surface area contributed by atoms with Gasteiger partial charge in [-0.05, 0) is 24.6 Å². The molecule has 8 heteroatoms. The van der Waals surface area contributed by atoms with Crippen LogP contribution in [0, 0.1) is 12.8 Å². The highest BCUT2D eigenvalue weighted by molar-refractivity contribution is 7.13. The first kappa shape index (κ1) is 19.6. The van der Waals surface area contributed by atoms with Gasteiger partial charge in [0, 0.05) is 29.6 Å². The van der Waals surface area contributed by atoms with Crippen LogP contribution in [-0.4, -0.2) is 29.8 Å². The summed E-state index contributed by atoms with van der Waals surface area (Å²) in [6, 6.07) is 5.17. The zero-order valence-electron chi connectivity index (χ0n) is 15.2. The molecule has 7 nitrogen and oxygen atoms in total. The van der Waals surface area contributed by atoms with E-state index in [1.807, 2.05) is 0 Å². The average molecular weight is 374 g/mol. The summed E-state index contributed by atoms with van der Waals surface area (Å²) in [6.45, 7) is 5.38. The zero-order chi connectivity index (χ0) is 19.3. The summed E-state index contributed by atoms with van der Waals surface area (Å²) < 4.78 is 0. The maximum atomic E-state index is 12.3. The lowest BCUT2D eigenvalue weighted by Gasteiger charge is -2.11. The monoisotopic (exact) mass is 374 g/mol. The van der Waals surface area contributed by atoms with Gasteiger partial charge < -0.3 is 16.0 Å². The predicted molar refractivity (Wildman–Crippen MR) is 102 cm³/mol. The molecule has 3 N–H and O–H groups in total. The average Bonchev–Trinajstić information content (AvgIpc) is 3.02. The van der Waals surface area contributed by atoms with Crippen molar-refractivity contribution < 1.29 is 14.4 Å². The Morgan fingerprint density at radius 1 is 1.19 bits per heavy atom. The summed E-state index contributed by atoms with van der Waals surface area (Å²) >= 11 is 1.28. The standard InChI is InChI=1S/C18H22N4O3S/c1-10(2)16(24)22-18-20-12(9-26-18)8-15(23)21-14-7-5-6-13(11(14)3)17(25)19-4/h5-7,9-10H,8H2,1-4H3,(H,19,25)(H,21,23)(H,20,22,24). The number of hydrogen-bond donors (Lipinski definition) is 3. The van der Waals surface area contributed by atoms with Crippen molar-refractivity contribution in [1.29, 1.82) is 0 Å². The van der Waals surface area contributed by atoms with Crippen LogP contribution in [0.15, 0.2) is 23.6 Å². The lowest BCUT2D eigenvalue weighted by atomic mass is 10.1. The number of nitrogens with one attached hydrogen (secondary N) is 3. The lowest BCUT2D eigenvalue weighted by Crippen LogP contribution is -2.21. The van der Waals surface area contributed by atoms with Gasteiger partial charge in [-0.3, -0.25) is 14.4 Å². The second-order valence-corrected chi connectivity index (χ2v) is 6.93. The number of thiazole rings is 1. The highest BCUT2D eigenvalue weighted by atomic mass is 32.1. The van der Waals surface area contributed by atoms with Gasteiger partial charge in [0.05, 0.1) is 12.1 Å². The Morgan fingerprint density at radius 3 is 2.58 bits per heavy atom. The third-order valence-corrected chi connectivity index (χ3v) is 4.53. The number of amides is 3. The zero-order valence-corrected chi connectivity index (χ0v) is 16.0. The first-order chi connectivity index (χ1) is 12.3. The van der Waals surface area contributed by atoms with E-state index in [-0.39, 0.29) is 30.1 Å². The highest BCUT2D eigenvalue weighted by Gasteiger charge is 2.14. The number of hydrogen-bond acceptors (Lipinski definition) is 5. The Bertz CT molecular complexity index is 830. The number of carbonyl (C=O) groups excluding carboxylic acids is 3. The van der Waals surface area contributed by atoms with Crippen LogP contribution in [0.1, 0.15) is 35.5 Å². The molecule has 0 unspecified atom stereocenters. The van der Waals surface area contributed by atoms with Crippen LogP contribution in [0.5, 0.6) is 0 Å². The minimum absolute atomic E-state index is 0.0810. The fourth-order valence-corrected chi connectivity index (χ4v) is 2.92. The van der Waals surface area contributed by atoms with E-state index in [2.05, 4.69) is 20.9 Å². The second-order valence-electron chi connectivity index (χ2n) is 6.07. The molecule has 1 heterocycles. The minimum Gasteiger partial charge on any atom is -0.355 e. The fraction of sp³-hybridized carbons (Fsp3) is 0.333. The SMILES string of the molecule is CNC(=O)c1cccc(NC(=O)Cc2csc(NC(=O)C(C)C)n2)c1C. The molecule has 3 amide bonds. The molecule has 0 fully saturated rings. The van der Waals surface area contributed by atoms with E-state index in [1.165, 1.54) is 11.3 Å². The van der Waals surface area contributed by atoms with Crippen molar-refractivity contribution in [1.82, 2.24) is 10.3 Å². The van der Waals surface area contributed by atoms with Crippen LogP contribution in [0.2, 0.25) is 0 Å². The summed E-state index contributed by atoms with van der Waals surface area (Å²) in [7, 11) is 1.56. The summed E-state index contributed by atoms with van der Waals surface area (Å²) in [5.74, 6) is -0.698. The van der Waals surface area contributed by atoms with Crippen molar-refractivity contribution >= 4 is 39.9 Å². The smallest absolute Gasteiger partial charge is 0.251 e. The Kier molecular flexibility index (Phi) is 6.46. The lowest BCUT2D eigenvalue weighted by molar-refractivity contribution is -0.119. The summed E-state index contributed by atoms with van der Waals surface area (Å²) in [5, 5.41) is 10.3. The van der Waals surface area contributed by atoms with Crippen LogP contribution in [0.3, 0.4) is 0 Å². The van der Waals surface area contributed by atoms with Gasteiger partial charge in [0.15, 0.2) is 5.13 Å². The van der Waals surface area contributed by atoms with Crippen LogP contribution < -0.4 is 16.0 Å². The number of anilines is 2. The van der Waals surface area contributed by atoms with Crippen molar-refractivity contribution in [3.63, 3.8) is 0 Å².